The van der Waals surface area contributed by atoms with Gasteiger partial charge in [0.1, 0.15) is 11.9 Å². The zero-order valence-corrected chi connectivity index (χ0v) is 12.5. The predicted octanol–water partition coefficient (Wildman–Crippen LogP) is 0.882. The fourth-order valence-corrected chi connectivity index (χ4v) is 2.80. The van der Waals surface area contributed by atoms with E-state index in [1.54, 1.807) is 6.20 Å². The van der Waals surface area contributed by atoms with E-state index >= 15 is 0 Å². The SMILES string of the molecule is CCCn1ccnc1CN1C[C@H](N(C)C)C[C@H]1C(=O)O. The van der Waals surface area contributed by atoms with Gasteiger partial charge in [-0.15, -0.1) is 0 Å². The van der Waals surface area contributed by atoms with Crippen molar-refractivity contribution in [3.63, 3.8) is 0 Å². The van der Waals surface area contributed by atoms with Crippen LogP contribution >= 0.6 is 0 Å². The van der Waals surface area contributed by atoms with E-state index in [1.165, 1.54) is 0 Å². The molecule has 6 heteroatoms. The number of likely N-dealkylation sites (tertiary alicyclic amines) is 1. The number of aromatic nitrogens is 2. The fourth-order valence-electron chi connectivity index (χ4n) is 2.80. The highest BCUT2D eigenvalue weighted by Gasteiger charge is 2.38. The van der Waals surface area contributed by atoms with Crippen LogP contribution in [-0.2, 0) is 17.9 Å². The number of aryl methyl sites for hydroxylation is 1. The maximum absolute atomic E-state index is 11.4. The van der Waals surface area contributed by atoms with E-state index in [-0.39, 0.29) is 0 Å². The summed E-state index contributed by atoms with van der Waals surface area (Å²) in [5.74, 6) is 0.223. The molecule has 0 spiro atoms. The van der Waals surface area contributed by atoms with Crippen LogP contribution in [0.5, 0.6) is 0 Å². The molecule has 2 atom stereocenters. The van der Waals surface area contributed by atoms with Crippen molar-refractivity contribution in [3.8, 4) is 0 Å². The number of carbonyl (C=O) groups is 1. The van der Waals surface area contributed by atoms with Crippen LogP contribution in [0.4, 0.5) is 0 Å². The Morgan fingerprint density at radius 2 is 2.30 bits per heavy atom. The summed E-state index contributed by atoms with van der Waals surface area (Å²) >= 11 is 0. The molecular weight excluding hydrogens is 256 g/mol. The van der Waals surface area contributed by atoms with Crippen molar-refractivity contribution >= 4 is 5.97 Å². The normalized spacial score (nSPS) is 23.6. The Kier molecular flexibility index (Phi) is 4.77. The lowest BCUT2D eigenvalue weighted by molar-refractivity contribution is -0.142. The molecule has 2 heterocycles. The molecule has 1 aliphatic rings. The minimum atomic E-state index is -0.733. The van der Waals surface area contributed by atoms with Crippen LogP contribution in [0.1, 0.15) is 25.6 Å². The van der Waals surface area contributed by atoms with Crippen molar-refractivity contribution in [3.05, 3.63) is 18.2 Å². The highest BCUT2D eigenvalue weighted by molar-refractivity contribution is 5.74. The molecule has 1 saturated heterocycles. The summed E-state index contributed by atoms with van der Waals surface area (Å²) in [6.07, 6.45) is 5.48. The summed E-state index contributed by atoms with van der Waals surface area (Å²) in [6.45, 7) is 4.44. The Morgan fingerprint density at radius 3 is 2.90 bits per heavy atom. The number of carboxylic acid groups (broad SMARTS) is 1. The van der Waals surface area contributed by atoms with Crippen LogP contribution in [0.2, 0.25) is 0 Å². The molecule has 1 aromatic heterocycles. The first-order valence-corrected chi connectivity index (χ1v) is 7.16. The molecule has 2 rings (SSSR count). The number of hydrogen-bond donors (Lipinski definition) is 1. The smallest absolute Gasteiger partial charge is 0.320 e. The van der Waals surface area contributed by atoms with Gasteiger partial charge in [0.05, 0.1) is 6.54 Å². The minimum absolute atomic E-state index is 0.297. The average molecular weight is 280 g/mol. The van der Waals surface area contributed by atoms with E-state index in [2.05, 4.69) is 21.4 Å². The van der Waals surface area contributed by atoms with Crippen molar-refractivity contribution in [2.75, 3.05) is 20.6 Å². The average Bonchev–Trinajstić information content (AvgIpc) is 2.98. The molecule has 1 fully saturated rings. The van der Waals surface area contributed by atoms with Crippen molar-refractivity contribution in [2.24, 2.45) is 0 Å². The number of carboxylic acids is 1. The van der Waals surface area contributed by atoms with Crippen LogP contribution in [0, 0.1) is 0 Å². The van der Waals surface area contributed by atoms with E-state index in [9.17, 15) is 9.90 Å². The Morgan fingerprint density at radius 1 is 1.55 bits per heavy atom. The molecule has 0 unspecified atom stereocenters. The standard InChI is InChI=1S/C14H24N4O2/c1-4-6-17-7-5-15-13(17)10-18-9-11(16(2)3)8-12(18)14(19)20/h5,7,11-12H,4,6,8-10H2,1-3H3,(H,19,20)/t11-,12+/m1/s1. The second kappa shape index (κ2) is 6.37. The molecule has 0 saturated carbocycles. The van der Waals surface area contributed by atoms with Gasteiger partial charge in [-0.25, -0.2) is 4.98 Å². The summed E-state index contributed by atoms with van der Waals surface area (Å²) in [5.41, 5.74) is 0. The highest BCUT2D eigenvalue weighted by atomic mass is 16.4. The Balaban J connectivity index is 2.09. The van der Waals surface area contributed by atoms with Gasteiger partial charge in [-0.1, -0.05) is 6.92 Å². The van der Waals surface area contributed by atoms with Gasteiger partial charge in [0.15, 0.2) is 0 Å². The van der Waals surface area contributed by atoms with E-state index in [4.69, 9.17) is 0 Å². The van der Waals surface area contributed by atoms with E-state index in [1.807, 2.05) is 25.2 Å². The number of likely N-dealkylation sites (N-methyl/N-ethyl adjacent to an activating group) is 1. The topological polar surface area (TPSA) is 61.6 Å². The van der Waals surface area contributed by atoms with Crippen molar-refractivity contribution in [1.29, 1.82) is 0 Å². The highest BCUT2D eigenvalue weighted by Crippen LogP contribution is 2.23. The monoisotopic (exact) mass is 280 g/mol. The maximum atomic E-state index is 11.4. The Bertz CT molecular complexity index is 458. The quantitative estimate of drug-likeness (QED) is 0.838. The number of hydrogen-bond acceptors (Lipinski definition) is 4. The van der Waals surface area contributed by atoms with Gasteiger partial charge in [-0.3, -0.25) is 9.69 Å². The zero-order valence-electron chi connectivity index (χ0n) is 12.5. The minimum Gasteiger partial charge on any atom is -0.480 e. The number of imidazole rings is 1. The molecule has 0 bridgehead atoms. The Hall–Kier alpha value is -1.40. The molecule has 1 aliphatic heterocycles. The van der Waals surface area contributed by atoms with Crippen LogP contribution in [0.3, 0.4) is 0 Å². The van der Waals surface area contributed by atoms with Crippen molar-refractivity contribution in [2.45, 2.75) is 44.9 Å². The maximum Gasteiger partial charge on any atom is 0.320 e. The van der Waals surface area contributed by atoms with Gasteiger partial charge in [-0.2, -0.15) is 0 Å². The first kappa shape index (κ1) is 15.0. The van der Waals surface area contributed by atoms with Gasteiger partial charge in [0, 0.05) is 31.5 Å². The lowest BCUT2D eigenvalue weighted by Gasteiger charge is -2.22. The molecular formula is C14H24N4O2. The summed E-state index contributed by atoms with van der Waals surface area (Å²) in [7, 11) is 4.01. The predicted molar refractivity (Wildman–Crippen MR) is 76.4 cm³/mol. The summed E-state index contributed by atoms with van der Waals surface area (Å²) < 4.78 is 2.11. The number of aliphatic carboxylic acids is 1. The molecule has 0 aliphatic carbocycles. The van der Waals surface area contributed by atoms with Crippen LogP contribution < -0.4 is 0 Å². The molecule has 0 amide bonds. The van der Waals surface area contributed by atoms with Gasteiger partial charge >= 0.3 is 5.97 Å². The summed E-state index contributed by atoms with van der Waals surface area (Å²) in [5, 5.41) is 9.40. The fraction of sp³-hybridized carbons (Fsp3) is 0.714. The molecule has 6 nitrogen and oxygen atoms in total. The lowest BCUT2D eigenvalue weighted by atomic mass is 10.1. The number of nitrogens with zero attached hydrogens (tertiary/aromatic N) is 4. The van der Waals surface area contributed by atoms with E-state index in [0.717, 1.165) is 25.3 Å². The molecule has 20 heavy (non-hydrogen) atoms. The molecule has 1 aromatic rings. The van der Waals surface area contributed by atoms with Gasteiger partial charge in [0.2, 0.25) is 0 Å². The van der Waals surface area contributed by atoms with Crippen LogP contribution in [0.15, 0.2) is 12.4 Å². The third kappa shape index (κ3) is 3.19. The van der Waals surface area contributed by atoms with Crippen LogP contribution in [-0.4, -0.2) is 63.2 Å². The van der Waals surface area contributed by atoms with Gasteiger partial charge < -0.3 is 14.6 Å². The molecule has 0 radical (unpaired) electrons. The van der Waals surface area contributed by atoms with Crippen LogP contribution in [0.25, 0.3) is 0 Å². The number of rotatable bonds is 6. The first-order valence-electron chi connectivity index (χ1n) is 7.16. The summed E-state index contributed by atoms with van der Waals surface area (Å²) in [6, 6.07) is -0.111. The third-order valence-electron chi connectivity index (χ3n) is 4.01. The molecule has 0 aromatic carbocycles. The third-order valence-corrected chi connectivity index (χ3v) is 4.01. The lowest BCUT2D eigenvalue weighted by Crippen LogP contribution is -2.36. The van der Waals surface area contributed by atoms with E-state index < -0.39 is 12.0 Å². The summed E-state index contributed by atoms with van der Waals surface area (Å²) in [4.78, 5) is 19.9. The Labute approximate surface area is 120 Å². The second-order valence-electron chi connectivity index (χ2n) is 5.67. The zero-order chi connectivity index (χ0) is 14.7. The molecule has 1 N–H and O–H groups in total. The van der Waals surface area contributed by atoms with Gasteiger partial charge in [0.25, 0.3) is 0 Å². The largest absolute Gasteiger partial charge is 0.480 e. The van der Waals surface area contributed by atoms with Crippen molar-refractivity contribution < 1.29 is 9.90 Å². The molecule has 112 valence electrons. The van der Waals surface area contributed by atoms with E-state index in [0.29, 0.717) is 19.0 Å². The van der Waals surface area contributed by atoms with Gasteiger partial charge in [-0.05, 0) is 26.9 Å². The van der Waals surface area contributed by atoms with Crippen molar-refractivity contribution in [1.82, 2.24) is 19.4 Å². The first-order chi connectivity index (χ1) is 9.52. The second-order valence-corrected chi connectivity index (χ2v) is 5.67.